The molecule has 0 radical (unpaired) electrons. The Bertz CT molecular complexity index is 951. The first-order valence-electron chi connectivity index (χ1n) is 8.48. The van der Waals surface area contributed by atoms with E-state index in [-0.39, 0.29) is 22.2 Å². The minimum atomic E-state index is -6.27. The molecule has 1 aromatic rings. The molecule has 0 saturated carbocycles. The van der Waals surface area contributed by atoms with Crippen molar-refractivity contribution in [3.63, 3.8) is 0 Å². The van der Waals surface area contributed by atoms with Gasteiger partial charge in [0.2, 0.25) is 16.1 Å². The van der Waals surface area contributed by atoms with Gasteiger partial charge in [-0.15, -0.1) is 0 Å². The first-order valence-corrected chi connectivity index (χ1v) is 12.8. The van der Waals surface area contributed by atoms with Crippen molar-refractivity contribution in [1.29, 1.82) is 0 Å². The van der Waals surface area contributed by atoms with Crippen molar-refractivity contribution in [2.24, 2.45) is 0 Å². The third-order valence-electron chi connectivity index (χ3n) is 4.35. The van der Waals surface area contributed by atoms with E-state index < -0.39 is 36.3 Å². The Morgan fingerprint density at radius 1 is 1.00 bits per heavy atom. The summed E-state index contributed by atoms with van der Waals surface area (Å²) in [5.74, 6) is 1.32. The number of nitrogens with zero attached hydrogens (tertiary/aromatic N) is 1. The van der Waals surface area contributed by atoms with Crippen LogP contribution in [-0.2, 0) is 31.2 Å². The van der Waals surface area contributed by atoms with Gasteiger partial charge < -0.3 is 8.31 Å². The molecule has 1 fully saturated rings. The molecular formula is C16H20F3NO6S3. The van der Waals surface area contributed by atoms with Crippen molar-refractivity contribution >= 4 is 37.0 Å². The highest BCUT2D eigenvalue weighted by Crippen LogP contribution is 2.32. The lowest BCUT2D eigenvalue weighted by atomic mass is 10.0. The molecule has 0 aromatic heterocycles. The lowest BCUT2D eigenvalue weighted by molar-refractivity contribution is -0.0425. The van der Waals surface area contributed by atoms with Gasteiger partial charge in [-0.25, -0.2) is 16.8 Å². The molecule has 7 nitrogen and oxygen atoms in total. The molecule has 1 aliphatic rings. The Morgan fingerprint density at radius 2 is 1.52 bits per heavy atom. The number of sulfonamides is 1. The Balaban J connectivity index is 2.12. The predicted molar refractivity (Wildman–Crippen MR) is 104 cm³/mol. The summed E-state index contributed by atoms with van der Waals surface area (Å²) < 4.78 is 87.1. The number of halogens is 3. The van der Waals surface area contributed by atoms with Crippen molar-refractivity contribution in [3.8, 4) is 5.75 Å². The molecule has 1 heterocycles. The van der Waals surface area contributed by atoms with Crippen molar-refractivity contribution < 1.29 is 39.0 Å². The fourth-order valence-electron chi connectivity index (χ4n) is 2.78. The number of benzene rings is 1. The second kappa shape index (κ2) is 8.44. The van der Waals surface area contributed by atoms with Crippen LogP contribution in [0.3, 0.4) is 0 Å². The SMILES string of the molecule is CC(C)(C(=O)c1ccc(OS(=O)(=O)[N-]S(=O)(=O)C(F)(F)F)cc1)[S+]1CCCCC1. The average molecular weight is 476 g/mol. The van der Waals surface area contributed by atoms with Crippen LogP contribution in [0.4, 0.5) is 13.2 Å². The van der Waals surface area contributed by atoms with Gasteiger partial charge in [0.25, 0.3) is 0 Å². The smallest absolute Gasteiger partial charge is 0.395 e. The lowest BCUT2D eigenvalue weighted by Gasteiger charge is -2.27. The third-order valence-corrected chi connectivity index (χ3v) is 10.0. The molecule has 1 saturated heterocycles. The summed E-state index contributed by atoms with van der Waals surface area (Å²) in [6.45, 7) is 3.72. The zero-order valence-electron chi connectivity index (χ0n) is 15.6. The molecule has 1 aliphatic heterocycles. The molecule has 0 N–H and O–H groups in total. The van der Waals surface area contributed by atoms with Crippen LogP contribution < -0.4 is 4.18 Å². The molecule has 13 heteroatoms. The van der Waals surface area contributed by atoms with Crippen LogP contribution in [-0.4, -0.2) is 44.4 Å². The zero-order chi connectivity index (χ0) is 22.1. The Morgan fingerprint density at radius 3 is 2.00 bits per heavy atom. The van der Waals surface area contributed by atoms with E-state index in [4.69, 9.17) is 0 Å². The number of carbonyl (C=O) groups excluding carboxylic acids is 1. The summed E-state index contributed by atoms with van der Waals surface area (Å²) >= 11 is 0. The average Bonchev–Trinajstić information content (AvgIpc) is 2.60. The molecule has 0 bridgehead atoms. The molecule has 164 valence electrons. The van der Waals surface area contributed by atoms with Crippen LogP contribution in [0, 0.1) is 0 Å². The van der Waals surface area contributed by atoms with Crippen LogP contribution in [0.25, 0.3) is 4.13 Å². The van der Waals surface area contributed by atoms with E-state index in [1.807, 2.05) is 13.8 Å². The van der Waals surface area contributed by atoms with Gasteiger partial charge in [-0.1, -0.05) is 0 Å². The first kappa shape index (κ1) is 24.0. The Labute approximate surface area is 170 Å². The van der Waals surface area contributed by atoms with Gasteiger partial charge in [-0.3, -0.25) is 4.79 Å². The predicted octanol–water partition coefficient (Wildman–Crippen LogP) is 3.30. The number of ketones is 1. The van der Waals surface area contributed by atoms with Crippen LogP contribution in [0.1, 0.15) is 43.5 Å². The maximum Gasteiger partial charge on any atom is 0.480 e. The van der Waals surface area contributed by atoms with E-state index >= 15 is 0 Å². The van der Waals surface area contributed by atoms with Gasteiger partial charge in [0.05, 0.1) is 0 Å². The van der Waals surface area contributed by atoms with E-state index in [1.165, 1.54) is 12.1 Å². The van der Waals surface area contributed by atoms with Crippen molar-refractivity contribution in [3.05, 3.63) is 34.0 Å². The minimum Gasteiger partial charge on any atom is -0.395 e. The monoisotopic (exact) mass is 475 g/mol. The summed E-state index contributed by atoms with van der Waals surface area (Å²) in [4.78, 5) is 12.9. The number of rotatable bonds is 7. The Hall–Kier alpha value is -1.31. The molecular weight excluding hydrogens is 455 g/mol. The van der Waals surface area contributed by atoms with Gasteiger partial charge in [0.1, 0.15) is 17.3 Å². The van der Waals surface area contributed by atoms with E-state index in [0.29, 0.717) is 0 Å². The summed E-state index contributed by atoms with van der Waals surface area (Å²) in [7, 11) is -11.8. The van der Waals surface area contributed by atoms with E-state index in [0.717, 1.165) is 42.9 Å². The molecule has 0 aliphatic carbocycles. The highest BCUT2D eigenvalue weighted by atomic mass is 32.3. The summed E-state index contributed by atoms with van der Waals surface area (Å²) in [5, 5.41) is 0. The molecule has 0 spiro atoms. The van der Waals surface area contributed by atoms with E-state index in [2.05, 4.69) is 4.18 Å². The van der Waals surface area contributed by atoms with Crippen LogP contribution in [0.5, 0.6) is 5.75 Å². The van der Waals surface area contributed by atoms with Gasteiger partial charge >= 0.3 is 5.51 Å². The summed E-state index contributed by atoms with van der Waals surface area (Å²) in [6.07, 6.45) is 3.27. The second-order valence-electron chi connectivity index (χ2n) is 6.83. The number of hydrogen-bond donors (Lipinski definition) is 0. The molecule has 0 amide bonds. The fourth-order valence-corrected chi connectivity index (χ4v) is 7.27. The number of alkyl halides is 3. The van der Waals surface area contributed by atoms with Crippen LogP contribution >= 0.6 is 0 Å². The molecule has 2 rings (SSSR count). The maximum atomic E-state index is 12.9. The lowest BCUT2D eigenvalue weighted by Crippen LogP contribution is -2.45. The van der Waals surface area contributed by atoms with Crippen molar-refractivity contribution in [2.75, 3.05) is 11.5 Å². The molecule has 1 aromatic carbocycles. The number of carbonyl (C=O) groups is 1. The van der Waals surface area contributed by atoms with Crippen LogP contribution in [0.2, 0.25) is 0 Å². The molecule has 0 atom stereocenters. The van der Waals surface area contributed by atoms with Crippen molar-refractivity contribution in [2.45, 2.75) is 43.4 Å². The Kier molecular flexibility index (Phi) is 6.97. The third kappa shape index (κ3) is 5.86. The largest absolute Gasteiger partial charge is 0.480 e. The minimum absolute atomic E-state index is 0.0917. The van der Waals surface area contributed by atoms with E-state index in [1.54, 1.807) is 4.13 Å². The summed E-state index contributed by atoms with van der Waals surface area (Å²) in [5.41, 5.74) is -5.58. The quantitative estimate of drug-likeness (QED) is 0.442. The maximum absolute atomic E-state index is 12.9. The van der Waals surface area contributed by atoms with Crippen LogP contribution in [0.15, 0.2) is 24.3 Å². The fraction of sp³-hybridized carbons (Fsp3) is 0.562. The van der Waals surface area contributed by atoms with Gasteiger partial charge in [-0.05, 0) is 57.4 Å². The normalized spacial score (nSPS) is 17.1. The molecule has 0 unspecified atom stereocenters. The standard InChI is InChI=1S/C16H20F3NO6S3/c1-15(2,27-10-4-3-5-11-27)14(21)12-6-8-13(9-7-12)26-29(24,25)20-28(22,23)16(17,18)19/h6-9H,3-5,10-11H2,1-2H3. The van der Waals surface area contributed by atoms with Gasteiger partial charge in [0, 0.05) is 16.5 Å². The van der Waals surface area contributed by atoms with Gasteiger partial charge in [-0.2, -0.15) is 13.2 Å². The number of Topliss-reactive ketones (excluding diaryl/α,β-unsaturated/α-hetero) is 1. The van der Waals surface area contributed by atoms with Crippen molar-refractivity contribution in [1.82, 2.24) is 0 Å². The zero-order valence-corrected chi connectivity index (χ0v) is 18.0. The highest BCUT2D eigenvalue weighted by Gasteiger charge is 2.46. The highest BCUT2D eigenvalue weighted by molar-refractivity contribution is 8.10. The van der Waals surface area contributed by atoms with Gasteiger partial charge in [0.15, 0.2) is 14.8 Å². The topological polar surface area (TPSA) is 109 Å². The summed E-state index contributed by atoms with van der Waals surface area (Å²) in [6, 6.07) is 4.67. The second-order valence-corrected chi connectivity index (χ2v) is 12.7. The number of hydrogen-bond acceptors (Lipinski definition) is 6. The first-order chi connectivity index (χ1) is 13.2. The molecule has 29 heavy (non-hydrogen) atoms. The van der Waals surface area contributed by atoms with E-state index in [9.17, 15) is 34.8 Å².